The lowest BCUT2D eigenvalue weighted by Crippen LogP contribution is -2.25. The van der Waals surface area contributed by atoms with Crippen LogP contribution in [0.2, 0.25) is 0 Å². The molecule has 0 saturated carbocycles. The first-order valence-electron chi connectivity index (χ1n) is 6.82. The molecule has 0 aliphatic heterocycles. The molecule has 1 aromatic carbocycles. The third-order valence-electron chi connectivity index (χ3n) is 2.88. The van der Waals surface area contributed by atoms with E-state index in [1.54, 1.807) is 19.1 Å². The van der Waals surface area contributed by atoms with E-state index in [1.807, 2.05) is 25.1 Å². The van der Waals surface area contributed by atoms with Crippen LogP contribution in [0.5, 0.6) is 5.75 Å². The Bertz CT molecular complexity index is 752. The van der Waals surface area contributed by atoms with Crippen molar-refractivity contribution in [2.24, 2.45) is 5.10 Å². The normalized spacial score (nSPS) is 11.1. The highest BCUT2D eigenvalue weighted by molar-refractivity contribution is 7.15. The van der Waals surface area contributed by atoms with Crippen LogP contribution in [0, 0.1) is 6.92 Å². The fraction of sp³-hybridized carbons (Fsp3) is 0.188. The first-order chi connectivity index (χ1) is 11.0. The van der Waals surface area contributed by atoms with Crippen LogP contribution in [0.1, 0.15) is 27.0 Å². The molecule has 6 nitrogen and oxygen atoms in total. The van der Waals surface area contributed by atoms with E-state index in [-0.39, 0.29) is 17.4 Å². The first-order valence-corrected chi connectivity index (χ1v) is 7.63. The summed E-state index contributed by atoms with van der Waals surface area (Å²) in [6.45, 7) is 3.48. The van der Waals surface area contributed by atoms with E-state index >= 15 is 0 Å². The van der Waals surface area contributed by atoms with Gasteiger partial charge in [-0.15, -0.1) is 11.3 Å². The van der Waals surface area contributed by atoms with Crippen molar-refractivity contribution in [1.29, 1.82) is 0 Å². The van der Waals surface area contributed by atoms with E-state index in [1.165, 1.54) is 6.07 Å². The Hall–Kier alpha value is -2.67. The van der Waals surface area contributed by atoms with Gasteiger partial charge in [-0.2, -0.15) is 5.10 Å². The molecule has 0 spiro atoms. The Morgan fingerprint density at radius 3 is 2.65 bits per heavy atom. The van der Waals surface area contributed by atoms with Gasteiger partial charge in [0, 0.05) is 0 Å². The molecule has 0 saturated heterocycles. The molecule has 7 heteroatoms. The number of hydrazone groups is 1. The molecule has 0 bridgehead atoms. The molecule has 120 valence electrons. The zero-order chi connectivity index (χ0) is 16.8. The van der Waals surface area contributed by atoms with Crippen LogP contribution >= 0.6 is 11.3 Å². The Kier molecular flexibility index (Phi) is 5.48. The molecule has 0 unspecified atom stereocenters. The van der Waals surface area contributed by atoms with Crippen LogP contribution < -0.4 is 10.2 Å². The number of carbonyl (C=O) groups excluding carboxylic acids is 1. The van der Waals surface area contributed by atoms with Crippen molar-refractivity contribution >= 4 is 28.9 Å². The molecule has 1 amide bonds. The highest BCUT2D eigenvalue weighted by Gasteiger charge is 2.09. The first kappa shape index (κ1) is 16.7. The predicted octanol–water partition coefficient (Wildman–Crippen LogP) is 2.67. The minimum Gasteiger partial charge on any atom is -0.484 e. The summed E-state index contributed by atoms with van der Waals surface area (Å²) in [5.74, 6) is -0.754. The Morgan fingerprint density at radius 2 is 2.00 bits per heavy atom. The number of carboxylic acids is 1. The van der Waals surface area contributed by atoms with Crippen LogP contribution in [0.4, 0.5) is 0 Å². The highest BCUT2D eigenvalue weighted by Crippen LogP contribution is 2.17. The van der Waals surface area contributed by atoms with Crippen LogP contribution in [0.25, 0.3) is 0 Å². The number of benzene rings is 1. The van der Waals surface area contributed by atoms with E-state index in [9.17, 15) is 9.59 Å². The number of amides is 1. The summed E-state index contributed by atoms with van der Waals surface area (Å²) in [4.78, 5) is 23.5. The van der Waals surface area contributed by atoms with Crippen molar-refractivity contribution in [3.05, 3.63) is 51.7 Å². The molecule has 1 aromatic heterocycles. The molecule has 0 atom stereocenters. The lowest BCUT2D eigenvalue weighted by Gasteiger charge is -2.06. The molecule has 2 aromatic rings. The number of aromatic carboxylic acids is 1. The zero-order valence-corrected chi connectivity index (χ0v) is 13.5. The smallest absolute Gasteiger partial charge is 0.345 e. The second-order valence-corrected chi connectivity index (χ2v) is 5.89. The van der Waals surface area contributed by atoms with Crippen LogP contribution in [-0.4, -0.2) is 29.3 Å². The van der Waals surface area contributed by atoms with E-state index in [0.29, 0.717) is 16.3 Å². The van der Waals surface area contributed by atoms with Gasteiger partial charge in [-0.05, 0) is 43.7 Å². The summed E-state index contributed by atoms with van der Waals surface area (Å²) in [6, 6.07) is 10.6. The largest absolute Gasteiger partial charge is 0.484 e. The van der Waals surface area contributed by atoms with Gasteiger partial charge in [0.05, 0.1) is 10.6 Å². The van der Waals surface area contributed by atoms with E-state index < -0.39 is 5.97 Å². The third-order valence-corrected chi connectivity index (χ3v) is 4.06. The number of hydrogen-bond acceptors (Lipinski definition) is 5. The van der Waals surface area contributed by atoms with Crippen LogP contribution in [0.15, 0.2) is 41.5 Å². The maximum atomic E-state index is 11.7. The van der Waals surface area contributed by atoms with E-state index in [4.69, 9.17) is 9.84 Å². The van der Waals surface area contributed by atoms with E-state index in [2.05, 4.69) is 10.5 Å². The predicted molar refractivity (Wildman–Crippen MR) is 88.3 cm³/mol. The number of thiophene rings is 1. The minimum atomic E-state index is -0.982. The summed E-state index contributed by atoms with van der Waals surface area (Å²) in [5.41, 5.74) is 3.97. The van der Waals surface area contributed by atoms with Gasteiger partial charge in [0.2, 0.25) is 0 Å². The topological polar surface area (TPSA) is 88.0 Å². The average molecular weight is 332 g/mol. The number of aryl methyl sites for hydroxylation is 1. The van der Waals surface area contributed by atoms with Gasteiger partial charge in [0.25, 0.3) is 5.91 Å². The quantitative estimate of drug-likeness (QED) is 0.629. The molecule has 0 aliphatic carbocycles. The fourth-order valence-corrected chi connectivity index (χ4v) is 2.52. The molecule has 2 rings (SSSR count). The van der Waals surface area contributed by atoms with Crippen molar-refractivity contribution in [2.75, 3.05) is 6.61 Å². The van der Waals surface area contributed by atoms with Crippen molar-refractivity contribution in [1.82, 2.24) is 5.43 Å². The molecular formula is C16H16N2O4S. The monoisotopic (exact) mass is 332 g/mol. The summed E-state index contributed by atoms with van der Waals surface area (Å²) in [6.07, 6.45) is 0. The third kappa shape index (κ3) is 4.93. The van der Waals surface area contributed by atoms with Crippen LogP contribution in [0.3, 0.4) is 0 Å². The molecular weight excluding hydrogens is 316 g/mol. The second-order valence-electron chi connectivity index (χ2n) is 4.81. The SMILES string of the molecule is C/C(=N/NC(=O)COc1cccc(C)c1)c1ccc(C(=O)O)s1. The molecule has 23 heavy (non-hydrogen) atoms. The lowest BCUT2D eigenvalue weighted by atomic mass is 10.2. The van der Waals surface area contributed by atoms with Gasteiger partial charge in [0.15, 0.2) is 6.61 Å². The molecule has 0 aliphatic rings. The van der Waals surface area contributed by atoms with Crippen molar-refractivity contribution < 1.29 is 19.4 Å². The summed E-state index contributed by atoms with van der Waals surface area (Å²) >= 11 is 1.10. The molecule has 0 fully saturated rings. The number of rotatable bonds is 6. The van der Waals surface area contributed by atoms with Gasteiger partial charge in [0.1, 0.15) is 10.6 Å². The van der Waals surface area contributed by atoms with E-state index in [0.717, 1.165) is 16.9 Å². The van der Waals surface area contributed by atoms with Crippen LogP contribution in [-0.2, 0) is 4.79 Å². The van der Waals surface area contributed by atoms with Crippen molar-refractivity contribution in [2.45, 2.75) is 13.8 Å². The van der Waals surface area contributed by atoms with Gasteiger partial charge >= 0.3 is 5.97 Å². The number of carbonyl (C=O) groups is 2. The van der Waals surface area contributed by atoms with Gasteiger partial charge < -0.3 is 9.84 Å². The second kappa shape index (κ2) is 7.55. The average Bonchev–Trinajstić information content (AvgIpc) is 3.01. The fourth-order valence-electron chi connectivity index (χ4n) is 1.73. The highest BCUT2D eigenvalue weighted by atomic mass is 32.1. The van der Waals surface area contributed by atoms with Crippen molar-refractivity contribution in [3.8, 4) is 5.75 Å². The number of ether oxygens (including phenoxy) is 1. The minimum absolute atomic E-state index is 0.148. The maximum Gasteiger partial charge on any atom is 0.345 e. The Labute approximate surface area is 137 Å². The summed E-state index contributed by atoms with van der Waals surface area (Å²) in [5, 5.41) is 12.8. The lowest BCUT2D eigenvalue weighted by molar-refractivity contribution is -0.123. The number of nitrogens with zero attached hydrogens (tertiary/aromatic N) is 1. The number of hydrogen-bond donors (Lipinski definition) is 2. The molecule has 1 heterocycles. The van der Waals surface area contributed by atoms with Gasteiger partial charge in [-0.1, -0.05) is 12.1 Å². The maximum absolute atomic E-state index is 11.7. The van der Waals surface area contributed by atoms with Crippen molar-refractivity contribution in [3.63, 3.8) is 0 Å². The Morgan fingerprint density at radius 1 is 1.26 bits per heavy atom. The Balaban J connectivity index is 1.88. The number of nitrogens with one attached hydrogen (secondary N) is 1. The summed E-state index contributed by atoms with van der Waals surface area (Å²) in [7, 11) is 0. The zero-order valence-electron chi connectivity index (χ0n) is 12.7. The molecule has 2 N–H and O–H groups in total. The van der Waals surface area contributed by atoms with Gasteiger partial charge in [-0.3, -0.25) is 4.79 Å². The molecule has 0 radical (unpaired) electrons. The standard InChI is InChI=1S/C16H16N2O4S/c1-10-4-3-5-12(8-10)22-9-15(19)18-17-11(2)13-6-7-14(23-13)16(20)21/h3-8H,9H2,1-2H3,(H,18,19)(H,20,21)/b17-11-. The van der Waals surface area contributed by atoms with Gasteiger partial charge in [-0.25, -0.2) is 10.2 Å². The number of carboxylic acid groups (broad SMARTS) is 1. The summed E-state index contributed by atoms with van der Waals surface area (Å²) < 4.78 is 5.37.